The van der Waals surface area contributed by atoms with Gasteiger partial charge in [0, 0.05) is 24.6 Å². The molecule has 7 heteroatoms. The van der Waals surface area contributed by atoms with Crippen LogP contribution in [0.15, 0.2) is 67.0 Å². The molecule has 6 nitrogen and oxygen atoms in total. The van der Waals surface area contributed by atoms with Crippen LogP contribution in [0.4, 0.5) is 10.1 Å². The number of amides is 2. The smallest absolute Gasteiger partial charge is 0.257 e. The van der Waals surface area contributed by atoms with Crippen LogP contribution in [0.2, 0.25) is 0 Å². The van der Waals surface area contributed by atoms with Gasteiger partial charge in [-0.25, -0.2) is 9.07 Å². The summed E-state index contributed by atoms with van der Waals surface area (Å²) < 4.78 is 15.7. The van der Waals surface area contributed by atoms with Gasteiger partial charge in [-0.2, -0.15) is 5.10 Å². The average molecular weight is 378 g/mol. The fourth-order valence-corrected chi connectivity index (χ4v) is 3.45. The number of carbonyl (C=O) groups is 2. The summed E-state index contributed by atoms with van der Waals surface area (Å²) in [5, 5.41) is 7.05. The standard InChI is InChI=1S/C21H19FN4O2/c22-18-9-2-1-8-17(18)21(28)25-12-4-10-19(25)20(27)24-15-6-3-7-16(14-15)26-13-5-11-23-26/h1-3,5-9,11,13-14,19H,4,10,12H2,(H,24,27). The summed E-state index contributed by atoms with van der Waals surface area (Å²) in [5.74, 6) is -1.31. The Morgan fingerprint density at radius 3 is 2.75 bits per heavy atom. The van der Waals surface area contributed by atoms with Crippen LogP contribution in [0.1, 0.15) is 23.2 Å². The highest BCUT2D eigenvalue weighted by atomic mass is 19.1. The number of nitrogens with one attached hydrogen (secondary N) is 1. The molecule has 142 valence electrons. The van der Waals surface area contributed by atoms with Crippen LogP contribution in [0.3, 0.4) is 0 Å². The lowest BCUT2D eigenvalue weighted by Crippen LogP contribution is -2.43. The van der Waals surface area contributed by atoms with Gasteiger partial charge in [0.15, 0.2) is 0 Å². The van der Waals surface area contributed by atoms with Crippen molar-refractivity contribution in [1.29, 1.82) is 0 Å². The molecule has 0 saturated carbocycles. The first-order valence-corrected chi connectivity index (χ1v) is 9.10. The molecule has 1 aliphatic heterocycles. The van der Waals surface area contributed by atoms with Crippen molar-refractivity contribution in [2.75, 3.05) is 11.9 Å². The summed E-state index contributed by atoms with van der Waals surface area (Å²) in [4.78, 5) is 27.0. The highest BCUT2D eigenvalue weighted by Crippen LogP contribution is 2.23. The summed E-state index contributed by atoms with van der Waals surface area (Å²) in [6, 6.07) is 14.3. The van der Waals surface area contributed by atoms with E-state index in [0.29, 0.717) is 25.1 Å². The largest absolute Gasteiger partial charge is 0.327 e. The zero-order valence-electron chi connectivity index (χ0n) is 15.1. The predicted molar refractivity (Wildman–Crippen MR) is 103 cm³/mol. The lowest BCUT2D eigenvalue weighted by molar-refractivity contribution is -0.119. The van der Waals surface area contributed by atoms with Crippen molar-refractivity contribution in [2.24, 2.45) is 0 Å². The topological polar surface area (TPSA) is 67.2 Å². The zero-order valence-corrected chi connectivity index (χ0v) is 15.1. The summed E-state index contributed by atoms with van der Waals surface area (Å²) >= 11 is 0. The molecule has 0 aliphatic carbocycles. The molecule has 3 aromatic rings. The fourth-order valence-electron chi connectivity index (χ4n) is 3.45. The van der Waals surface area contributed by atoms with E-state index in [1.807, 2.05) is 30.5 Å². The van der Waals surface area contributed by atoms with E-state index in [9.17, 15) is 14.0 Å². The van der Waals surface area contributed by atoms with Gasteiger partial charge < -0.3 is 10.2 Å². The molecule has 0 radical (unpaired) electrons. The minimum Gasteiger partial charge on any atom is -0.327 e. The maximum absolute atomic E-state index is 14.0. The van der Waals surface area contributed by atoms with Gasteiger partial charge in [-0.05, 0) is 49.2 Å². The van der Waals surface area contributed by atoms with Gasteiger partial charge in [0.05, 0.1) is 11.3 Å². The van der Waals surface area contributed by atoms with Crippen LogP contribution in [0.5, 0.6) is 0 Å². The third-order valence-electron chi connectivity index (χ3n) is 4.80. The second-order valence-electron chi connectivity index (χ2n) is 6.63. The molecule has 1 N–H and O–H groups in total. The number of anilines is 1. The minimum absolute atomic E-state index is 0.0112. The van der Waals surface area contributed by atoms with Crippen LogP contribution in [0, 0.1) is 5.82 Å². The Hall–Kier alpha value is -3.48. The van der Waals surface area contributed by atoms with E-state index in [1.165, 1.54) is 23.1 Å². The number of benzene rings is 2. The monoisotopic (exact) mass is 378 g/mol. The lowest BCUT2D eigenvalue weighted by Gasteiger charge is -2.24. The van der Waals surface area contributed by atoms with Crippen LogP contribution >= 0.6 is 0 Å². The third-order valence-corrected chi connectivity index (χ3v) is 4.80. The van der Waals surface area contributed by atoms with E-state index in [4.69, 9.17) is 0 Å². The summed E-state index contributed by atoms with van der Waals surface area (Å²) in [6.07, 6.45) is 4.74. The number of aromatic nitrogens is 2. The molecule has 0 spiro atoms. The Morgan fingerprint density at radius 1 is 1.11 bits per heavy atom. The van der Waals surface area contributed by atoms with Crippen molar-refractivity contribution < 1.29 is 14.0 Å². The van der Waals surface area contributed by atoms with E-state index in [0.717, 1.165) is 5.69 Å². The van der Waals surface area contributed by atoms with Gasteiger partial charge in [-0.1, -0.05) is 18.2 Å². The maximum atomic E-state index is 14.0. The number of likely N-dealkylation sites (tertiary alicyclic amines) is 1. The molecule has 28 heavy (non-hydrogen) atoms. The van der Waals surface area contributed by atoms with Crippen molar-refractivity contribution >= 4 is 17.5 Å². The second-order valence-corrected chi connectivity index (χ2v) is 6.63. The maximum Gasteiger partial charge on any atom is 0.257 e. The Labute approximate surface area is 161 Å². The molecule has 1 atom stereocenters. The van der Waals surface area contributed by atoms with Crippen molar-refractivity contribution in [2.45, 2.75) is 18.9 Å². The molecule has 2 aromatic carbocycles. The van der Waals surface area contributed by atoms with Gasteiger partial charge in [-0.15, -0.1) is 0 Å². The summed E-state index contributed by atoms with van der Waals surface area (Å²) in [5.41, 5.74) is 1.42. The molecule has 1 fully saturated rings. The molecular weight excluding hydrogens is 359 g/mol. The summed E-state index contributed by atoms with van der Waals surface area (Å²) in [7, 11) is 0. The van der Waals surface area contributed by atoms with Gasteiger partial charge in [0.1, 0.15) is 11.9 Å². The van der Waals surface area contributed by atoms with Crippen LogP contribution < -0.4 is 5.32 Å². The van der Waals surface area contributed by atoms with Crippen molar-refractivity contribution in [3.05, 3.63) is 78.4 Å². The molecular formula is C21H19FN4O2. The highest BCUT2D eigenvalue weighted by molar-refractivity contribution is 6.01. The molecule has 4 rings (SSSR count). The van der Waals surface area contributed by atoms with E-state index in [1.54, 1.807) is 23.0 Å². The van der Waals surface area contributed by atoms with Crippen LogP contribution in [-0.2, 0) is 4.79 Å². The average Bonchev–Trinajstić information content (AvgIpc) is 3.40. The van der Waals surface area contributed by atoms with E-state index < -0.39 is 17.8 Å². The molecule has 1 aliphatic rings. The van der Waals surface area contributed by atoms with Crippen molar-refractivity contribution in [1.82, 2.24) is 14.7 Å². The second kappa shape index (κ2) is 7.64. The van der Waals surface area contributed by atoms with Gasteiger partial charge >= 0.3 is 0 Å². The number of hydrogen-bond acceptors (Lipinski definition) is 3. The highest BCUT2D eigenvalue weighted by Gasteiger charge is 2.35. The SMILES string of the molecule is O=C(Nc1cccc(-n2cccn2)c1)C1CCCN1C(=O)c1ccccc1F. The van der Waals surface area contributed by atoms with E-state index >= 15 is 0 Å². The van der Waals surface area contributed by atoms with Crippen LogP contribution in [-0.4, -0.2) is 39.1 Å². The molecule has 2 amide bonds. The molecule has 1 unspecified atom stereocenters. The number of halogens is 1. The Kier molecular flexibility index (Phi) is 4.89. The Morgan fingerprint density at radius 2 is 1.96 bits per heavy atom. The van der Waals surface area contributed by atoms with E-state index in [-0.39, 0.29) is 11.5 Å². The third kappa shape index (κ3) is 3.51. The van der Waals surface area contributed by atoms with Gasteiger partial charge in [0.2, 0.25) is 5.91 Å². The quantitative estimate of drug-likeness (QED) is 0.758. The first kappa shape index (κ1) is 17.9. The molecule has 1 aromatic heterocycles. The zero-order chi connectivity index (χ0) is 19.5. The fraction of sp³-hybridized carbons (Fsp3) is 0.190. The number of carbonyl (C=O) groups excluding carboxylic acids is 2. The first-order valence-electron chi connectivity index (χ1n) is 9.10. The number of rotatable bonds is 4. The van der Waals surface area contributed by atoms with Crippen molar-refractivity contribution in [3.63, 3.8) is 0 Å². The lowest BCUT2D eigenvalue weighted by atomic mass is 10.1. The predicted octanol–water partition coefficient (Wildman–Crippen LogP) is 3.25. The van der Waals surface area contributed by atoms with Crippen molar-refractivity contribution in [3.8, 4) is 5.69 Å². The number of hydrogen-bond donors (Lipinski definition) is 1. The van der Waals surface area contributed by atoms with E-state index in [2.05, 4.69) is 10.4 Å². The number of nitrogens with zero attached hydrogens (tertiary/aromatic N) is 3. The molecule has 2 heterocycles. The Balaban J connectivity index is 1.51. The first-order chi connectivity index (χ1) is 13.6. The summed E-state index contributed by atoms with van der Waals surface area (Å²) in [6.45, 7) is 0.429. The minimum atomic E-state index is -0.625. The van der Waals surface area contributed by atoms with Gasteiger partial charge in [0.25, 0.3) is 5.91 Å². The van der Waals surface area contributed by atoms with Crippen LogP contribution in [0.25, 0.3) is 5.69 Å². The Bertz CT molecular complexity index is 1000. The molecule has 0 bridgehead atoms. The van der Waals surface area contributed by atoms with Gasteiger partial charge in [-0.3, -0.25) is 9.59 Å². The normalized spacial score (nSPS) is 16.2. The molecule has 1 saturated heterocycles.